The van der Waals surface area contributed by atoms with Crippen LogP contribution in [0.4, 0.5) is 0 Å². The number of aliphatic carboxylic acids is 1. The quantitative estimate of drug-likeness (QED) is 0.372. The van der Waals surface area contributed by atoms with Gasteiger partial charge < -0.3 is 18.0 Å². The number of carboxylic acids is 1. The number of rotatable bonds is 3. The topological polar surface area (TPSA) is 106 Å². The van der Waals surface area contributed by atoms with E-state index in [0.717, 1.165) is 0 Å². The van der Waals surface area contributed by atoms with Crippen molar-refractivity contribution in [2.45, 2.75) is 12.5 Å². The van der Waals surface area contributed by atoms with E-state index in [2.05, 4.69) is 5.73 Å². The van der Waals surface area contributed by atoms with Crippen LogP contribution >= 0.6 is 0 Å². The van der Waals surface area contributed by atoms with E-state index in [9.17, 15) is 9.59 Å². The molecule has 0 fully saturated rings. The Kier molecular flexibility index (Phi) is 8.23. The maximum atomic E-state index is 9.99. The molecule has 1 amide bonds. The first-order valence-electron chi connectivity index (χ1n) is 2.30. The van der Waals surface area contributed by atoms with E-state index in [4.69, 9.17) is 10.8 Å². The third-order valence-electron chi connectivity index (χ3n) is 0.738. The molecule has 0 bridgehead atoms. The summed E-state index contributed by atoms with van der Waals surface area (Å²) in [5.41, 5.74) is 9.57. The van der Waals surface area contributed by atoms with E-state index in [1.807, 2.05) is 0 Å². The zero-order valence-corrected chi connectivity index (χ0v) is 8.83. The fraction of sp³-hybridized carbons (Fsp3) is 0.500. The molecule has 0 rings (SSSR count). The third-order valence-corrected chi connectivity index (χ3v) is 0.738. The monoisotopic (exact) mass is 172 g/mol. The molecule has 0 aromatic rings. The maximum absolute atomic E-state index is 9.99. The van der Waals surface area contributed by atoms with Crippen molar-refractivity contribution in [2.75, 3.05) is 0 Å². The fourth-order valence-corrected chi connectivity index (χ4v) is 0.304. The van der Waals surface area contributed by atoms with Crippen molar-refractivity contribution in [2.24, 2.45) is 11.5 Å². The number of primary amides is 1. The third kappa shape index (κ3) is 6.65. The van der Waals surface area contributed by atoms with Gasteiger partial charge in [-0.2, -0.15) is 0 Å². The molecule has 5 nitrogen and oxygen atoms in total. The number of amides is 1. The average molecular weight is 172 g/mol. The van der Waals surface area contributed by atoms with Gasteiger partial charge in [-0.1, -0.05) is 0 Å². The summed E-state index contributed by atoms with van der Waals surface area (Å²) in [6.07, 6.45) is -0.310. The molecule has 6 heteroatoms. The van der Waals surface area contributed by atoms with Crippen molar-refractivity contribution >= 4 is 11.9 Å². The predicted octanol–water partition coefficient (Wildman–Crippen LogP) is -4.61. The molecule has 54 valence electrons. The predicted molar refractivity (Wildman–Crippen MR) is 30.5 cm³/mol. The zero-order valence-electron chi connectivity index (χ0n) is 6.70. The van der Waals surface area contributed by atoms with Crippen LogP contribution in [0.15, 0.2) is 0 Å². The zero-order chi connectivity index (χ0) is 7.44. The van der Waals surface area contributed by atoms with E-state index < -0.39 is 17.9 Å². The molecular weight excluding hydrogens is 163 g/mol. The second-order valence-electron chi connectivity index (χ2n) is 1.62. The van der Waals surface area contributed by atoms with E-state index in [1.54, 1.807) is 0 Å². The Morgan fingerprint density at radius 2 is 2.00 bits per heavy atom. The Labute approximate surface area is 102 Å². The van der Waals surface area contributed by atoms with Crippen LogP contribution in [0.25, 0.3) is 0 Å². The van der Waals surface area contributed by atoms with Crippen molar-refractivity contribution in [1.29, 1.82) is 0 Å². The molecule has 0 saturated carbocycles. The Hall–Kier alpha value is 0.536. The van der Waals surface area contributed by atoms with Gasteiger partial charge >= 0.3 is 57.4 Å². The minimum Gasteiger partial charge on any atom is -1.00 e. The van der Waals surface area contributed by atoms with Gasteiger partial charge in [0.05, 0.1) is 6.42 Å². The summed E-state index contributed by atoms with van der Waals surface area (Å²) >= 11 is 0. The van der Waals surface area contributed by atoms with Gasteiger partial charge in [0.1, 0.15) is 6.04 Å². The van der Waals surface area contributed by atoms with Crippen LogP contribution in [-0.4, -0.2) is 23.0 Å². The normalized spacial score (nSPS) is 11.3. The first-order chi connectivity index (χ1) is 4.04. The first kappa shape index (κ1) is 13.1. The van der Waals surface area contributed by atoms with E-state index in [-0.39, 0.29) is 59.2 Å². The van der Waals surface area contributed by atoms with Gasteiger partial charge in [0.25, 0.3) is 0 Å². The summed E-state index contributed by atoms with van der Waals surface area (Å²) in [4.78, 5) is 19.9. The standard InChI is InChI=1S/C4H8N2O3.K.H/c5-2(4(8)9)1-3(6)7;;/h2H,1,5H2,(H2,6,7)(H,8,9);;/q;+1;-1. The fourth-order valence-electron chi connectivity index (χ4n) is 0.304. The second kappa shape index (κ2) is 6.26. The van der Waals surface area contributed by atoms with Gasteiger partial charge in [-0.3, -0.25) is 9.59 Å². The van der Waals surface area contributed by atoms with Gasteiger partial charge in [0, 0.05) is 0 Å². The molecule has 0 aromatic heterocycles. The van der Waals surface area contributed by atoms with Crippen LogP contribution in [0, 0.1) is 0 Å². The van der Waals surface area contributed by atoms with Gasteiger partial charge in [-0.05, 0) is 0 Å². The molecule has 5 N–H and O–H groups in total. The molecule has 0 aliphatic carbocycles. The van der Waals surface area contributed by atoms with Crippen LogP contribution in [0.5, 0.6) is 0 Å². The molecular formula is C4H9KN2O3. The van der Waals surface area contributed by atoms with Crippen LogP contribution in [0.2, 0.25) is 0 Å². The molecule has 10 heavy (non-hydrogen) atoms. The second-order valence-corrected chi connectivity index (χ2v) is 1.62. The molecule has 0 spiro atoms. The van der Waals surface area contributed by atoms with Crippen molar-refractivity contribution < 1.29 is 67.5 Å². The van der Waals surface area contributed by atoms with Crippen molar-refractivity contribution in [3.05, 3.63) is 0 Å². The molecule has 1 unspecified atom stereocenters. The number of carbonyl (C=O) groups excluding carboxylic acids is 1. The summed E-state index contributed by atoms with van der Waals surface area (Å²) in [6, 6.07) is -1.16. The minimum absolute atomic E-state index is 0. The van der Waals surface area contributed by atoms with Crippen molar-refractivity contribution in [3.8, 4) is 0 Å². The molecule has 0 aliphatic heterocycles. The smallest absolute Gasteiger partial charge is 1.00 e. The summed E-state index contributed by atoms with van der Waals surface area (Å²) in [7, 11) is 0. The number of carboxylic acid groups (broad SMARTS) is 1. The number of hydrogen-bond donors (Lipinski definition) is 3. The van der Waals surface area contributed by atoms with Gasteiger partial charge in [0.2, 0.25) is 5.91 Å². The molecule has 1 atom stereocenters. The van der Waals surface area contributed by atoms with Gasteiger partial charge in [-0.25, -0.2) is 0 Å². The number of carbonyl (C=O) groups is 2. The van der Waals surface area contributed by atoms with Crippen LogP contribution < -0.4 is 62.9 Å². The molecule has 0 heterocycles. The summed E-state index contributed by atoms with van der Waals surface area (Å²) in [6.45, 7) is 0. The SMILES string of the molecule is NC(=O)CC(N)C(=O)O.[H-].[K+]. The first-order valence-corrected chi connectivity index (χ1v) is 2.30. The van der Waals surface area contributed by atoms with Gasteiger partial charge in [0.15, 0.2) is 0 Å². The van der Waals surface area contributed by atoms with E-state index in [1.165, 1.54) is 0 Å². The Morgan fingerprint density at radius 3 is 2.10 bits per heavy atom. The summed E-state index contributed by atoms with van der Waals surface area (Å²) in [5, 5.41) is 8.10. The molecule has 0 radical (unpaired) electrons. The largest absolute Gasteiger partial charge is 1.00 e. The molecule has 0 saturated heterocycles. The maximum Gasteiger partial charge on any atom is 1.00 e. The van der Waals surface area contributed by atoms with E-state index >= 15 is 0 Å². The van der Waals surface area contributed by atoms with Crippen molar-refractivity contribution in [1.82, 2.24) is 0 Å². The Balaban J connectivity index is -0.000000320. The van der Waals surface area contributed by atoms with Crippen molar-refractivity contribution in [3.63, 3.8) is 0 Å². The molecule has 0 aliphatic rings. The van der Waals surface area contributed by atoms with E-state index in [0.29, 0.717) is 0 Å². The average Bonchev–Trinajstić information content (AvgIpc) is 1.63. The minimum atomic E-state index is -1.21. The van der Waals surface area contributed by atoms with Gasteiger partial charge in [-0.15, -0.1) is 0 Å². The summed E-state index contributed by atoms with van der Waals surface area (Å²) in [5.74, 6) is -1.92. The summed E-state index contributed by atoms with van der Waals surface area (Å²) < 4.78 is 0. The van der Waals surface area contributed by atoms with Crippen LogP contribution in [-0.2, 0) is 9.59 Å². The Bertz CT molecular complexity index is 143. The molecule has 0 aromatic carbocycles. The van der Waals surface area contributed by atoms with Crippen LogP contribution in [0.3, 0.4) is 0 Å². The van der Waals surface area contributed by atoms with Crippen LogP contribution in [0.1, 0.15) is 7.85 Å². The Morgan fingerprint density at radius 1 is 1.60 bits per heavy atom. The number of nitrogens with two attached hydrogens (primary N) is 2. The number of hydrogen-bond acceptors (Lipinski definition) is 3.